The van der Waals surface area contributed by atoms with Crippen molar-refractivity contribution in [2.24, 2.45) is 0 Å². The van der Waals surface area contributed by atoms with Crippen molar-refractivity contribution < 1.29 is 14.7 Å². The van der Waals surface area contributed by atoms with Crippen LogP contribution in [0.5, 0.6) is 0 Å². The molecule has 2 rings (SSSR count). The van der Waals surface area contributed by atoms with Gasteiger partial charge < -0.3 is 10.4 Å². The molecule has 1 aliphatic rings. The van der Waals surface area contributed by atoms with Crippen molar-refractivity contribution >= 4 is 23.5 Å². The summed E-state index contributed by atoms with van der Waals surface area (Å²) in [6.45, 7) is 1.46. The quantitative estimate of drug-likeness (QED) is 0.890. The minimum absolute atomic E-state index is 0.226. The Hall–Kier alpha value is -1.55. The van der Waals surface area contributed by atoms with Gasteiger partial charge in [-0.1, -0.05) is 30.2 Å². The minimum atomic E-state index is -1.03. The maximum absolute atomic E-state index is 12.4. The molecule has 0 spiro atoms. The average Bonchev–Trinajstić information content (AvgIpc) is 2.27. The number of carboxylic acids is 1. The third-order valence-corrected chi connectivity index (χ3v) is 3.97. The molecule has 0 heterocycles. The molecule has 1 aromatic carbocycles. The third-order valence-electron chi connectivity index (χ3n) is 3.74. The molecule has 0 aromatic heterocycles. The Morgan fingerprint density at radius 1 is 1.42 bits per heavy atom. The van der Waals surface area contributed by atoms with Crippen molar-refractivity contribution in [1.82, 2.24) is 5.32 Å². The van der Waals surface area contributed by atoms with E-state index in [0.29, 0.717) is 5.02 Å². The summed E-state index contributed by atoms with van der Waals surface area (Å²) in [7, 11) is 0. The number of aliphatic carboxylic acids is 1. The van der Waals surface area contributed by atoms with Crippen LogP contribution in [0.2, 0.25) is 5.02 Å². The van der Waals surface area contributed by atoms with Gasteiger partial charge in [0.25, 0.3) is 0 Å². The summed E-state index contributed by atoms with van der Waals surface area (Å²) in [5, 5.41) is 12.0. The third kappa shape index (κ3) is 2.59. The van der Waals surface area contributed by atoms with Gasteiger partial charge in [-0.05, 0) is 37.5 Å². The summed E-state index contributed by atoms with van der Waals surface area (Å²) in [5.74, 6) is -1.26. The lowest BCUT2D eigenvalue weighted by molar-refractivity contribution is -0.143. The van der Waals surface area contributed by atoms with Crippen LogP contribution in [-0.4, -0.2) is 23.0 Å². The van der Waals surface area contributed by atoms with Crippen molar-refractivity contribution in [2.75, 3.05) is 0 Å². The highest BCUT2D eigenvalue weighted by molar-refractivity contribution is 6.30. The molecule has 0 saturated heterocycles. The van der Waals surface area contributed by atoms with E-state index in [0.717, 1.165) is 24.8 Å². The van der Waals surface area contributed by atoms with Gasteiger partial charge >= 0.3 is 5.97 Å². The van der Waals surface area contributed by atoms with E-state index in [-0.39, 0.29) is 5.91 Å². The molecule has 4 nitrogen and oxygen atoms in total. The monoisotopic (exact) mass is 281 g/mol. The number of hydrogen-bond donors (Lipinski definition) is 2. The number of benzene rings is 1. The first kappa shape index (κ1) is 13.9. The first-order valence-corrected chi connectivity index (χ1v) is 6.63. The lowest BCUT2D eigenvalue weighted by Crippen LogP contribution is -2.53. The molecule has 0 radical (unpaired) electrons. The van der Waals surface area contributed by atoms with Crippen molar-refractivity contribution in [1.29, 1.82) is 0 Å². The van der Waals surface area contributed by atoms with E-state index in [2.05, 4.69) is 5.32 Å². The lowest BCUT2D eigenvalue weighted by atomic mass is 9.63. The molecule has 2 N–H and O–H groups in total. The highest BCUT2D eigenvalue weighted by Crippen LogP contribution is 2.44. The number of halogens is 1. The minimum Gasteiger partial charge on any atom is -0.480 e. The first-order valence-electron chi connectivity index (χ1n) is 6.25. The van der Waals surface area contributed by atoms with E-state index in [1.165, 1.54) is 6.92 Å². The van der Waals surface area contributed by atoms with Gasteiger partial charge in [0.15, 0.2) is 0 Å². The molecule has 5 heteroatoms. The number of hydrogen-bond acceptors (Lipinski definition) is 2. The molecule has 1 unspecified atom stereocenters. The predicted octanol–water partition coefficient (Wildman–Crippen LogP) is 2.35. The maximum Gasteiger partial charge on any atom is 0.325 e. The van der Waals surface area contributed by atoms with E-state index in [4.69, 9.17) is 16.7 Å². The summed E-state index contributed by atoms with van der Waals surface area (Å²) in [4.78, 5) is 23.2. The second-order valence-corrected chi connectivity index (χ2v) is 5.42. The highest BCUT2D eigenvalue weighted by atomic mass is 35.5. The number of nitrogens with one attached hydrogen (secondary N) is 1. The molecule has 0 aliphatic heterocycles. The van der Waals surface area contributed by atoms with E-state index in [1.54, 1.807) is 12.1 Å². The maximum atomic E-state index is 12.4. The summed E-state index contributed by atoms with van der Waals surface area (Å²) in [6.07, 6.45) is 2.42. The Labute approximate surface area is 116 Å². The van der Waals surface area contributed by atoms with E-state index in [9.17, 15) is 9.59 Å². The number of rotatable bonds is 4. The van der Waals surface area contributed by atoms with Crippen LogP contribution in [0, 0.1) is 0 Å². The van der Waals surface area contributed by atoms with Gasteiger partial charge in [0.05, 0.1) is 5.41 Å². The Balaban J connectivity index is 2.23. The predicted molar refractivity (Wildman–Crippen MR) is 72.2 cm³/mol. The van der Waals surface area contributed by atoms with Crippen molar-refractivity contribution in [3.63, 3.8) is 0 Å². The Morgan fingerprint density at radius 2 is 2.11 bits per heavy atom. The molecular weight excluding hydrogens is 266 g/mol. The molecule has 0 bridgehead atoms. The van der Waals surface area contributed by atoms with Crippen LogP contribution < -0.4 is 5.32 Å². The summed E-state index contributed by atoms with van der Waals surface area (Å²) in [6, 6.07) is 6.34. The summed E-state index contributed by atoms with van der Waals surface area (Å²) < 4.78 is 0. The fourth-order valence-corrected chi connectivity index (χ4v) is 2.55. The zero-order chi connectivity index (χ0) is 14.0. The van der Waals surface area contributed by atoms with Crippen LogP contribution in [0.3, 0.4) is 0 Å². The fraction of sp³-hybridized carbons (Fsp3) is 0.429. The normalized spacial score (nSPS) is 18.2. The number of amides is 1. The number of carbonyl (C=O) groups excluding carboxylic acids is 1. The molecule has 1 fully saturated rings. The van der Waals surface area contributed by atoms with Crippen LogP contribution in [0.25, 0.3) is 0 Å². The van der Waals surface area contributed by atoms with Crippen LogP contribution in [0.1, 0.15) is 31.7 Å². The van der Waals surface area contributed by atoms with Crippen LogP contribution in [0.15, 0.2) is 24.3 Å². The van der Waals surface area contributed by atoms with E-state index >= 15 is 0 Å². The van der Waals surface area contributed by atoms with Crippen molar-refractivity contribution in [3.8, 4) is 0 Å². The molecule has 1 aromatic rings. The Morgan fingerprint density at radius 3 is 2.58 bits per heavy atom. The molecule has 1 saturated carbocycles. The van der Waals surface area contributed by atoms with Gasteiger partial charge in [-0.25, -0.2) is 0 Å². The largest absolute Gasteiger partial charge is 0.480 e. The van der Waals surface area contributed by atoms with Gasteiger partial charge in [0.1, 0.15) is 6.04 Å². The van der Waals surface area contributed by atoms with Crippen LogP contribution in [0.4, 0.5) is 0 Å². The Kier molecular flexibility index (Phi) is 3.80. The van der Waals surface area contributed by atoms with Gasteiger partial charge in [0, 0.05) is 5.02 Å². The molecule has 1 aliphatic carbocycles. The number of carbonyl (C=O) groups is 2. The molecule has 19 heavy (non-hydrogen) atoms. The van der Waals surface area contributed by atoms with Crippen molar-refractivity contribution in [2.45, 2.75) is 37.6 Å². The smallest absolute Gasteiger partial charge is 0.325 e. The summed E-state index contributed by atoms with van der Waals surface area (Å²) >= 11 is 5.97. The van der Waals surface area contributed by atoms with Crippen molar-refractivity contribution in [3.05, 3.63) is 34.9 Å². The average molecular weight is 282 g/mol. The van der Waals surface area contributed by atoms with E-state index < -0.39 is 17.4 Å². The van der Waals surface area contributed by atoms with Gasteiger partial charge in [-0.3, -0.25) is 9.59 Å². The van der Waals surface area contributed by atoms with Gasteiger partial charge in [-0.15, -0.1) is 0 Å². The second-order valence-electron chi connectivity index (χ2n) is 4.98. The topological polar surface area (TPSA) is 66.4 Å². The standard InChI is InChI=1S/C14H16ClNO3/c1-9(12(17)18)16-13(19)14(6-3-7-14)10-4-2-5-11(15)8-10/h2,4-5,8-9H,3,6-7H2,1H3,(H,16,19)(H,17,18). The van der Waals surface area contributed by atoms with Gasteiger partial charge in [0.2, 0.25) is 5.91 Å². The highest BCUT2D eigenvalue weighted by Gasteiger charge is 2.46. The zero-order valence-corrected chi connectivity index (χ0v) is 11.4. The molecule has 1 atom stereocenters. The SMILES string of the molecule is CC(NC(=O)C1(c2cccc(Cl)c2)CCC1)C(=O)O. The lowest BCUT2D eigenvalue weighted by Gasteiger charge is -2.41. The van der Waals surface area contributed by atoms with Gasteiger partial charge in [-0.2, -0.15) is 0 Å². The zero-order valence-electron chi connectivity index (χ0n) is 10.6. The molecule has 102 valence electrons. The number of carboxylic acid groups (broad SMARTS) is 1. The van der Waals surface area contributed by atoms with Crippen LogP contribution in [-0.2, 0) is 15.0 Å². The molecule has 1 amide bonds. The Bertz CT molecular complexity index is 511. The second kappa shape index (κ2) is 5.21. The van der Waals surface area contributed by atoms with Crippen LogP contribution >= 0.6 is 11.6 Å². The fourth-order valence-electron chi connectivity index (χ4n) is 2.36. The summed E-state index contributed by atoms with van der Waals surface area (Å²) in [5.41, 5.74) is 0.246. The first-order chi connectivity index (χ1) is 8.95. The van der Waals surface area contributed by atoms with E-state index in [1.807, 2.05) is 12.1 Å². The molecular formula is C14H16ClNO3.